The summed E-state index contributed by atoms with van der Waals surface area (Å²) < 4.78 is 17.3. The zero-order chi connectivity index (χ0) is 32.5. The van der Waals surface area contributed by atoms with Gasteiger partial charge in [0.15, 0.2) is 0 Å². The Morgan fingerprint density at radius 1 is 0.500 bits per heavy atom. The molecule has 12 aromatic rings. The highest BCUT2D eigenvalue weighted by molar-refractivity contribution is 7.26. The molecular formula is C44H23N3O2S. The van der Waals surface area contributed by atoms with Crippen LogP contribution in [0.5, 0.6) is 0 Å². The Morgan fingerprint density at radius 2 is 1.24 bits per heavy atom. The van der Waals surface area contributed by atoms with Gasteiger partial charge in [-0.15, -0.1) is 11.3 Å². The molecule has 0 amide bonds. The highest BCUT2D eigenvalue weighted by Gasteiger charge is 2.23. The minimum Gasteiger partial charge on any atom is -0.456 e. The van der Waals surface area contributed by atoms with E-state index in [1.54, 1.807) is 11.3 Å². The normalized spacial score (nSPS) is 12.4. The lowest BCUT2D eigenvalue weighted by Crippen LogP contribution is -2.02. The first-order valence-corrected chi connectivity index (χ1v) is 17.5. The van der Waals surface area contributed by atoms with Gasteiger partial charge in [0.05, 0.1) is 26.9 Å². The maximum atomic E-state index is 6.58. The first kappa shape index (κ1) is 26.5. The molecule has 6 heteroatoms. The Kier molecular flexibility index (Phi) is 5.06. The minimum atomic E-state index is 0.624. The first-order valence-electron chi connectivity index (χ1n) is 16.7. The summed E-state index contributed by atoms with van der Waals surface area (Å²) in [6.07, 6.45) is 0. The number of hydrogen-bond donors (Lipinski definition) is 0. The molecule has 0 N–H and O–H groups in total. The van der Waals surface area contributed by atoms with Crippen LogP contribution in [0, 0.1) is 0 Å². The molecule has 0 fully saturated rings. The average Bonchev–Trinajstić information content (AvgIpc) is 3.92. The summed E-state index contributed by atoms with van der Waals surface area (Å²) in [7, 11) is 0. The van der Waals surface area contributed by atoms with Crippen LogP contribution in [-0.2, 0) is 0 Å². The van der Waals surface area contributed by atoms with E-state index in [0.29, 0.717) is 5.95 Å². The van der Waals surface area contributed by atoms with Crippen molar-refractivity contribution < 1.29 is 8.83 Å². The second-order valence-electron chi connectivity index (χ2n) is 12.9. The molecule has 0 radical (unpaired) electrons. The molecular weight excluding hydrogens is 635 g/mol. The average molecular weight is 658 g/mol. The topological polar surface area (TPSA) is 57.0 Å². The number of aromatic nitrogens is 3. The van der Waals surface area contributed by atoms with E-state index in [0.717, 1.165) is 103 Å². The summed E-state index contributed by atoms with van der Waals surface area (Å²) in [6, 6.07) is 48.8. The zero-order valence-corrected chi connectivity index (χ0v) is 27.2. The fraction of sp³-hybridized carbons (Fsp3) is 0. The molecule has 0 saturated carbocycles. The summed E-state index contributed by atoms with van der Waals surface area (Å²) in [5.41, 5.74) is 8.32. The van der Waals surface area contributed by atoms with Gasteiger partial charge in [-0.1, -0.05) is 91.0 Å². The summed E-state index contributed by atoms with van der Waals surface area (Å²) in [5, 5.41) is 10.1. The quantitative estimate of drug-likeness (QED) is 0.186. The van der Waals surface area contributed by atoms with Crippen LogP contribution in [0.25, 0.3) is 114 Å². The van der Waals surface area contributed by atoms with Gasteiger partial charge in [0.2, 0.25) is 5.95 Å². The molecule has 0 saturated heterocycles. The maximum Gasteiger partial charge on any atom is 0.235 e. The molecule has 50 heavy (non-hydrogen) atoms. The van der Waals surface area contributed by atoms with Gasteiger partial charge in [-0.05, 0) is 59.3 Å². The van der Waals surface area contributed by atoms with Crippen LogP contribution in [0.2, 0.25) is 0 Å². The number of benzene rings is 7. The molecule has 5 heterocycles. The van der Waals surface area contributed by atoms with Gasteiger partial charge in [-0.25, -0.2) is 9.97 Å². The van der Waals surface area contributed by atoms with E-state index in [-0.39, 0.29) is 0 Å². The van der Waals surface area contributed by atoms with E-state index in [1.165, 1.54) is 4.70 Å². The SMILES string of the molecule is c1ccc2c(c1)oc1c(-c3nc(-n4c5ccccc5c5cc6ccc7oc8ccccc8c7c6cc54)nc4c3sc3ccccc34)cccc12. The van der Waals surface area contributed by atoms with Crippen molar-refractivity contribution in [2.75, 3.05) is 0 Å². The molecule has 0 spiro atoms. The second kappa shape index (κ2) is 9.56. The summed E-state index contributed by atoms with van der Waals surface area (Å²) in [6.45, 7) is 0. The van der Waals surface area contributed by atoms with Gasteiger partial charge in [-0.2, -0.15) is 0 Å². The molecule has 0 atom stereocenters. The Hall–Kier alpha value is -6.50. The third-order valence-corrected chi connectivity index (χ3v) is 11.4. The Morgan fingerprint density at radius 3 is 2.14 bits per heavy atom. The van der Waals surface area contributed by atoms with Crippen molar-refractivity contribution >= 4 is 108 Å². The molecule has 0 bridgehead atoms. The van der Waals surface area contributed by atoms with Gasteiger partial charge in [0.1, 0.15) is 22.3 Å². The van der Waals surface area contributed by atoms with Crippen LogP contribution in [-0.4, -0.2) is 14.5 Å². The molecule has 5 nitrogen and oxygen atoms in total. The lowest BCUT2D eigenvalue weighted by molar-refractivity contribution is 0.669. The third-order valence-electron chi connectivity index (χ3n) is 10.2. The zero-order valence-electron chi connectivity index (χ0n) is 26.3. The fourth-order valence-electron chi connectivity index (χ4n) is 8.02. The van der Waals surface area contributed by atoms with Crippen LogP contribution in [0.1, 0.15) is 0 Å². The van der Waals surface area contributed by atoms with Gasteiger partial charge in [-0.3, -0.25) is 4.57 Å². The highest BCUT2D eigenvalue weighted by atomic mass is 32.1. The van der Waals surface area contributed by atoms with Crippen LogP contribution in [0.4, 0.5) is 0 Å². The molecule has 5 aromatic heterocycles. The van der Waals surface area contributed by atoms with Crippen molar-refractivity contribution in [1.29, 1.82) is 0 Å². The smallest absolute Gasteiger partial charge is 0.235 e. The van der Waals surface area contributed by atoms with Crippen LogP contribution in [0.15, 0.2) is 148 Å². The van der Waals surface area contributed by atoms with Crippen LogP contribution >= 0.6 is 11.3 Å². The van der Waals surface area contributed by atoms with Gasteiger partial charge < -0.3 is 8.83 Å². The molecule has 0 unspecified atom stereocenters. The summed E-state index contributed by atoms with van der Waals surface area (Å²) >= 11 is 1.73. The van der Waals surface area contributed by atoms with E-state index >= 15 is 0 Å². The van der Waals surface area contributed by atoms with Crippen molar-refractivity contribution in [3.8, 4) is 17.2 Å². The maximum absolute atomic E-state index is 6.58. The molecule has 0 aliphatic heterocycles. The molecule has 0 aliphatic rings. The number of thiophene rings is 1. The number of nitrogens with zero attached hydrogens (tertiary/aromatic N) is 3. The lowest BCUT2D eigenvalue weighted by atomic mass is 10.0. The van der Waals surface area contributed by atoms with E-state index in [9.17, 15) is 0 Å². The predicted octanol–water partition coefficient (Wildman–Crippen LogP) is 12.6. The van der Waals surface area contributed by atoms with E-state index < -0.39 is 0 Å². The first-order chi connectivity index (χ1) is 24.8. The van der Waals surface area contributed by atoms with Crippen molar-refractivity contribution in [3.63, 3.8) is 0 Å². The monoisotopic (exact) mass is 657 g/mol. The predicted molar refractivity (Wildman–Crippen MR) is 207 cm³/mol. The van der Waals surface area contributed by atoms with E-state index in [1.807, 2.05) is 24.3 Å². The Labute approximate surface area is 287 Å². The summed E-state index contributed by atoms with van der Waals surface area (Å²) in [4.78, 5) is 10.9. The third kappa shape index (κ3) is 3.45. The molecule has 12 rings (SSSR count). The van der Waals surface area contributed by atoms with Crippen molar-refractivity contribution in [2.45, 2.75) is 0 Å². The highest BCUT2D eigenvalue weighted by Crippen LogP contribution is 2.44. The van der Waals surface area contributed by atoms with Gasteiger partial charge in [0.25, 0.3) is 0 Å². The Balaban J connectivity index is 1.24. The van der Waals surface area contributed by atoms with Crippen molar-refractivity contribution in [1.82, 2.24) is 14.5 Å². The van der Waals surface area contributed by atoms with E-state index in [2.05, 4.69) is 120 Å². The van der Waals surface area contributed by atoms with Crippen molar-refractivity contribution in [2.24, 2.45) is 0 Å². The molecule has 232 valence electrons. The number of hydrogen-bond acceptors (Lipinski definition) is 5. The fourth-order valence-corrected chi connectivity index (χ4v) is 9.17. The van der Waals surface area contributed by atoms with Crippen molar-refractivity contribution in [3.05, 3.63) is 140 Å². The molecule has 7 aromatic carbocycles. The Bertz CT molecular complexity index is 3400. The van der Waals surface area contributed by atoms with Crippen LogP contribution in [0.3, 0.4) is 0 Å². The van der Waals surface area contributed by atoms with Gasteiger partial charge >= 0.3 is 0 Å². The minimum absolute atomic E-state index is 0.624. The summed E-state index contributed by atoms with van der Waals surface area (Å²) in [5.74, 6) is 0.624. The van der Waals surface area contributed by atoms with E-state index in [4.69, 9.17) is 18.8 Å². The number of rotatable bonds is 2. The number of furan rings is 2. The lowest BCUT2D eigenvalue weighted by Gasteiger charge is -2.11. The second-order valence-corrected chi connectivity index (χ2v) is 14.0. The molecule has 0 aliphatic carbocycles. The number of para-hydroxylation sites is 4. The van der Waals surface area contributed by atoms with Crippen LogP contribution < -0.4 is 0 Å². The number of fused-ring (bicyclic) bond motifs is 14. The largest absolute Gasteiger partial charge is 0.456 e. The standard InChI is InChI=1S/C44H23N3O2S/c1-5-16-33-25(10-1)32-22-24-20-21-37-39(28-12-3-7-18-36(28)48-37)31(24)23-34(32)47(33)44-45-40-29-13-4-8-19-38(29)50-43(40)41(46-44)30-15-9-14-27-26-11-2-6-17-35(26)49-42(27)30/h1-23H. The van der Waals surface area contributed by atoms with Gasteiger partial charge in [0, 0.05) is 48.0 Å².